The van der Waals surface area contributed by atoms with E-state index in [4.69, 9.17) is 5.84 Å². The molecule has 0 bridgehead atoms. The summed E-state index contributed by atoms with van der Waals surface area (Å²) < 4.78 is 38.2. The van der Waals surface area contributed by atoms with E-state index >= 15 is 0 Å². The molecule has 1 aromatic heterocycles. The molecule has 0 unspecified atom stereocenters. The molecular formula is C10H14F3N5. The Kier molecular flexibility index (Phi) is 3.58. The number of piperazine rings is 1. The SMILES string of the molecule is NNc1cc(C(F)(F)F)cc(N2CCNCC2)n1. The number of hydrazine groups is 1. The highest BCUT2D eigenvalue weighted by Crippen LogP contribution is 2.32. The molecule has 1 saturated heterocycles. The maximum atomic E-state index is 12.7. The van der Waals surface area contributed by atoms with Crippen LogP contribution in [-0.2, 0) is 6.18 Å². The Morgan fingerprint density at radius 2 is 1.94 bits per heavy atom. The fourth-order valence-electron chi connectivity index (χ4n) is 1.81. The third-order valence-corrected chi connectivity index (χ3v) is 2.73. The number of alkyl halides is 3. The predicted octanol–water partition coefficient (Wildman–Crippen LogP) is 0.796. The Hall–Kier alpha value is -1.54. The van der Waals surface area contributed by atoms with Crippen molar-refractivity contribution in [2.24, 2.45) is 5.84 Å². The van der Waals surface area contributed by atoms with Gasteiger partial charge in [-0.15, -0.1) is 0 Å². The van der Waals surface area contributed by atoms with Crippen LogP contribution in [0.2, 0.25) is 0 Å². The molecule has 1 aliphatic heterocycles. The van der Waals surface area contributed by atoms with Gasteiger partial charge in [0, 0.05) is 26.2 Å². The van der Waals surface area contributed by atoms with Gasteiger partial charge in [0.05, 0.1) is 5.56 Å². The van der Waals surface area contributed by atoms with Gasteiger partial charge >= 0.3 is 6.18 Å². The fourth-order valence-corrected chi connectivity index (χ4v) is 1.81. The summed E-state index contributed by atoms with van der Waals surface area (Å²) in [5.41, 5.74) is 1.41. The Morgan fingerprint density at radius 1 is 1.28 bits per heavy atom. The van der Waals surface area contributed by atoms with Crippen LogP contribution in [-0.4, -0.2) is 31.2 Å². The molecule has 1 aromatic rings. The first-order chi connectivity index (χ1) is 8.50. The molecule has 100 valence electrons. The number of pyridine rings is 1. The molecule has 5 nitrogen and oxygen atoms in total. The number of nitrogen functional groups attached to an aromatic ring is 1. The molecule has 0 aromatic carbocycles. The summed E-state index contributed by atoms with van der Waals surface area (Å²) in [6.07, 6.45) is -4.41. The monoisotopic (exact) mass is 261 g/mol. The molecule has 8 heteroatoms. The third-order valence-electron chi connectivity index (χ3n) is 2.73. The molecule has 0 radical (unpaired) electrons. The number of anilines is 2. The van der Waals surface area contributed by atoms with E-state index in [0.717, 1.165) is 25.2 Å². The minimum absolute atomic E-state index is 0.0124. The lowest BCUT2D eigenvalue weighted by Gasteiger charge is -2.29. The van der Waals surface area contributed by atoms with Gasteiger partial charge in [-0.2, -0.15) is 13.2 Å². The molecule has 2 rings (SSSR count). The summed E-state index contributed by atoms with van der Waals surface area (Å²) in [4.78, 5) is 5.85. The van der Waals surface area contributed by atoms with Crippen LogP contribution in [0, 0.1) is 0 Å². The van der Waals surface area contributed by atoms with Crippen LogP contribution >= 0.6 is 0 Å². The van der Waals surface area contributed by atoms with E-state index in [0.29, 0.717) is 18.9 Å². The first-order valence-electron chi connectivity index (χ1n) is 5.52. The fraction of sp³-hybridized carbons (Fsp3) is 0.500. The van der Waals surface area contributed by atoms with Crippen LogP contribution in [0.15, 0.2) is 12.1 Å². The van der Waals surface area contributed by atoms with E-state index < -0.39 is 11.7 Å². The maximum absolute atomic E-state index is 12.7. The number of nitrogens with one attached hydrogen (secondary N) is 2. The van der Waals surface area contributed by atoms with E-state index in [1.807, 2.05) is 0 Å². The van der Waals surface area contributed by atoms with Gasteiger partial charge in [0.25, 0.3) is 0 Å². The molecule has 1 aliphatic rings. The number of halogens is 3. The van der Waals surface area contributed by atoms with Crippen molar-refractivity contribution in [2.45, 2.75) is 6.18 Å². The van der Waals surface area contributed by atoms with E-state index in [1.165, 1.54) is 0 Å². The largest absolute Gasteiger partial charge is 0.416 e. The second-order valence-corrected chi connectivity index (χ2v) is 3.98. The average Bonchev–Trinajstić information content (AvgIpc) is 2.38. The first kappa shape index (κ1) is 12.9. The topological polar surface area (TPSA) is 66.2 Å². The molecule has 0 aliphatic carbocycles. The lowest BCUT2D eigenvalue weighted by Crippen LogP contribution is -2.44. The molecule has 1 fully saturated rings. The van der Waals surface area contributed by atoms with Crippen LogP contribution in [0.5, 0.6) is 0 Å². The number of aromatic nitrogens is 1. The second kappa shape index (κ2) is 4.99. The van der Waals surface area contributed by atoms with Gasteiger partial charge in [-0.3, -0.25) is 0 Å². The molecule has 2 heterocycles. The number of rotatable bonds is 2. The molecule has 0 spiro atoms. The van der Waals surface area contributed by atoms with Gasteiger partial charge in [-0.25, -0.2) is 10.8 Å². The zero-order valence-electron chi connectivity index (χ0n) is 9.59. The summed E-state index contributed by atoms with van der Waals surface area (Å²) in [7, 11) is 0. The molecule has 0 atom stereocenters. The molecule has 4 N–H and O–H groups in total. The van der Waals surface area contributed by atoms with Gasteiger partial charge in [0.2, 0.25) is 0 Å². The quantitative estimate of drug-likeness (QED) is 0.543. The Balaban J connectivity index is 2.34. The van der Waals surface area contributed by atoms with Crippen LogP contribution in [0.3, 0.4) is 0 Å². The lowest BCUT2D eigenvalue weighted by molar-refractivity contribution is -0.137. The van der Waals surface area contributed by atoms with E-state index in [-0.39, 0.29) is 5.82 Å². The Bertz CT molecular complexity index is 414. The minimum Gasteiger partial charge on any atom is -0.354 e. The van der Waals surface area contributed by atoms with Crippen molar-refractivity contribution in [3.05, 3.63) is 17.7 Å². The molecular weight excluding hydrogens is 247 g/mol. The highest BCUT2D eigenvalue weighted by atomic mass is 19.4. The van der Waals surface area contributed by atoms with Crippen LogP contribution < -0.4 is 21.5 Å². The maximum Gasteiger partial charge on any atom is 0.416 e. The number of hydrogen-bond donors (Lipinski definition) is 3. The normalized spacial score (nSPS) is 16.8. The van der Waals surface area contributed by atoms with Crippen molar-refractivity contribution in [3.8, 4) is 0 Å². The summed E-state index contributed by atoms with van der Waals surface area (Å²) in [5.74, 6) is 5.45. The van der Waals surface area contributed by atoms with Crippen LogP contribution in [0.25, 0.3) is 0 Å². The molecule has 0 amide bonds. The number of nitrogens with zero attached hydrogens (tertiary/aromatic N) is 2. The highest BCUT2D eigenvalue weighted by Gasteiger charge is 2.32. The van der Waals surface area contributed by atoms with Crippen molar-refractivity contribution in [2.75, 3.05) is 36.5 Å². The van der Waals surface area contributed by atoms with Crippen LogP contribution in [0.4, 0.5) is 24.8 Å². The van der Waals surface area contributed by atoms with Crippen molar-refractivity contribution < 1.29 is 13.2 Å². The van der Waals surface area contributed by atoms with E-state index in [1.54, 1.807) is 4.90 Å². The molecule has 18 heavy (non-hydrogen) atoms. The molecule has 0 saturated carbocycles. The van der Waals surface area contributed by atoms with E-state index in [2.05, 4.69) is 15.7 Å². The van der Waals surface area contributed by atoms with Crippen molar-refractivity contribution in [1.29, 1.82) is 0 Å². The Morgan fingerprint density at radius 3 is 2.50 bits per heavy atom. The van der Waals surface area contributed by atoms with Gasteiger partial charge in [0.15, 0.2) is 0 Å². The van der Waals surface area contributed by atoms with Gasteiger partial charge in [-0.1, -0.05) is 0 Å². The van der Waals surface area contributed by atoms with Gasteiger partial charge in [0.1, 0.15) is 11.6 Å². The van der Waals surface area contributed by atoms with Gasteiger partial charge < -0.3 is 15.6 Å². The predicted molar refractivity (Wildman–Crippen MR) is 62.1 cm³/mol. The van der Waals surface area contributed by atoms with Crippen molar-refractivity contribution in [1.82, 2.24) is 10.3 Å². The smallest absolute Gasteiger partial charge is 0.354 e. The first-order valence-corrected chi connectivity index (χ1v) is 5.52. The lowest BCUT2D eigenvalue weighted by atomic mass is 10.2. The zero-order chi connectivity index (χ0) is 13.2. The second-order valence-electron chi connectivity index (χ2n) is 3.98. The standard InChI is InChI=1S/C10H14F3N5/c11-10(12,13)7-5-8(17-14)16-9(6-7)18-3-1-15-2-4-18/h5-6,15H,1-4,14H2,(H,16,17). The highest BCUT2D eigenvalue weighted by molar-refractivity contribution is 5.51. The average molecular weight is 261 g/mol. The Labute approximate surface area is 102 Å². The van der Waals surface area contributed by atoms with Gasteiger partial charge in [-0.05, 0) is 12.1 Å². The third kappa shape index (κ3) is 2.82. The van der Waals surface area contributed by atoms with Crippen LogP contribution in [0.1, 0.15) is 5.56 Å². The van der Waals surface area contributed by atoms with E-state index in [9.17, 15) is 13.2 Å². The van der Waals surface area contributed by atoms with Crippen molar-refractivity contribution >= 4 is 11.6 Å². The summed E-state index contributed by atoms with van der Waals surface area (Å²) >= 11 is 0. The van der Waals surface area contributed by atoms with Crippen molar-refractivity contribution in [3.63, 3.8) is 0 Å². The number of hydrogen-bond acceptors (Lipinski definition) is 5. The summed E-state index contributed by atoms with van der Waals surface area (Å²) in [6, 6.07) is 1.94. The minimum atomic E-state index is -4.41. The summed E-state index contributed by atoms with van der Waals surface area (Å²) in [5, 5.41) is 3.13. The zero-order valence-corrected chi connectivity index (χ0v) is 9.59. The summed E-state index contributed by atoms with van der Waals surface area (Å²) in [6.45, 7) is 2.70. The number of nitrogens with two attached hydrogens (primary N) is 1.